The molecule has 0 saturated heterocycles. The van der Waals surface area contributed by atoms with Gasteiger partial charge in [-0.15, -0.1) is 0 Å². The number of carbonyl (C=O) groups is 1. The van der Waals surface area contributed by atoms with Gasteiger partial charge >= 0.3 is 0 Å². The van der Waals surface area contributed by atoms with Gasteiger partial charge in [-0.1, -0.05) is 30.3 Å². The van der Waals surface area contributed by atoms with Crippen LogP contribution < -0.4 is 14.8 Å². The molecule has 134 valence electrons. The molecule has 26 heavy (non-hydrogen) atoms. The average Bonchev–Trinajstić information content (AvgIpc) is 3.20. The zero-order valence-electron chi connectivity index (χ0n) is 14.9. The molecule has 2 aromatic carbocycles. The number of carbonyl (C=O) groups excluding carboxylic acids is 1. The van der Waals surface area contributed by atoms with Crippen molar-refractivity contribution in [2.24, 2.45) is 0 Å². The molecule has 0 radical (unpaired) electrons. The van der Waals surface area contributed by atoms with Crippen LogP contribution in [-0.2, 0) is 11.2 Å². The van der Waals surface area contributed by atoms with Gasteiger partial charge in [-0.05, 0) is 17.7 Å². The van der Waals surface area contributed by atoms with Gasteiger partial charge in [-0.2, -0.15) is 0 Å². The van der Waals surface area contributed by atoms with Crippen LogP contribution in [0.2, 0.25) is 0 Å². The van der Waals surface area contributed by atoms with Crippen molar-refractivity contribution in [3.05, 3.63) is 78.6 Å². The molecular formula is C21H22N2O3. The van der Waals surface area contributed by atoms with Gasteiger partial charge < -0.3 is 19.4 Å². The lowest BCUT2D eigenvalue weighted by Crippen LogP contribution is -2.27. The zero-order chi connectivity index (χ0) is 18.4. The highest BCUT2D eigenvalue weighted by molar-refractivity contribution is 5.94. The summed E-state index contributed by atoms with van der Waals surface area (Å²) < 4.78 is 12.5. The van der Waals surface area contributed by atoms with Crippen LogP contribution in [0.4, 0.5) is 5.69 Å². The molecule has 0 bridgehead atoms. The molecule has 0 aliphatic rings. The molecular weight excluding hydrogens is 328 g/mol. The first kappa shape index (κ1) is 17.6. The Balaban J connectivity index is 1.84. The van der Waals surface area contributed by atoms with Crippen LogP contribution in [0.5, 0.6) is 11.5 Å². The normalized spacial score (nSPS) is 11.6. The number of ether oxygens (including phenoxy) is 2. The van der Waals surface area contributed by atoms with E-state index in [1.165, 1.54) is 0 Å². The number of hydrogen-bond donors (Lipinski definition) is 1. The number of anilines is 1. The summed E-state index contributed by atoms with van der Waals surface area (Å²) in [5, 5.41) is 2.98. The van der Waals surface area contributed by atoms with Gasteiger partial charge in [-0.25, -0.2) is 0 Å². The SMILES string of the molecule is COc1cc(NC(=O)[C@H](Cc2ccccc2)n2cccc2)cc(OC)c1. The van der Waals surface area contributed by atoms with E-state index in [1.807, 2.05) is 59.4 Å². The molecule has 0 saturated carbocycles. The van der Waals surface area contributed by atoms with E-state index < -0.39 is 0 Å². The van der Waals surface area contributed by atoms with E-state index in [2.05, 4.69) is 5.32 Å². The van der Waals surface area contributed by atoms with Crippen molar-refractivity contribution in [1.82, 2.24) is 4.57 Å². The summed E-state index contributed by atoms with van der Waals surface area (Å²) in [6, 6.07) is 18.8. The van der Waals surface area contributed by atoms with Crippen molar-refractivity contribution in [2.45, 2.75) is 12.5 Å². The third kappa shape index (κ3) is 4.25. The molecule has 0 fully saturated rings. The van der Waals surface area contributed by atoms with Crippen LogP contribution in [0.25, 0.3) is 0 Å². The molecule has 1 atom stereocenters. The number of amides is 1. The molecule has 0 aliphatic carbocycles. The minimum absolute atomic E-state index is 0.0969. The monoisotopic (exact) mass is 350 g/mol. The third-order valence-corrected chi connectivity index (χ3v) is 4.18. The largest absolute Gasteiger partial charge is 0.497 e. The average molecular weight is 350 g/mol. The summed E-state index contributed by atoms with van der Waals surface area (Å²) in [6.07, 6.45) is 4.40. The van der Waals surface area contributed by atoms with E-state index in [0.717, 1.165) is 5.56 Å². The van der Waals surface area contributed by atoms with E-state index in [0.29, 0.717) is 23.6 Å². The van der Waals surface area contributed by atoms with Gasteiger partial charge in [0.15, 0.2) is 0 Å². The van der Waals surface area contributed by atoms with Crippen LogP contribution in [-0.4, -0.2) is 24.7 Å². The summed E-state index contributed by atoms with van der Waals surface area (Å²) in [5.74, 6) is 1.15. The second kappa shape index (κ2) is 8.25. The Hall–Kier alpha value is -3.21. The maximum Gasteiger partial charge on any atom is 0.247 e. The highest BCUT2D eigenvalue weighted by Crippen LogP contribution is 2.27. The predicted molar refractivity (Wildman–Crippen MR) is 102 cm³/mol. The summed E-state index contributed by atoms with van der Waals surface area (Å²) in [5.41, 5.74) is 1.74. The quantitative estimate of drug-likeness (QED) is 0.702. The van der Waals surface area contributed by atoms with Crippen molar-refractivity contribution >= 4 is 11.6 Å². The summed E-state index contributed by atoms with van der Waals surface area (Å²) in [6.45, 7) is 0. The molecule has 0 unspecified atom stereocenters. The number of methoxy groups -OCH3 is 2. The summed E-state index contributed by atoms with van der Waals surface area (Å²) >= 11 is 0. The van der Waals surface area contributed by atoms with E-state index in [9.17, 15) is 4.79 Å². The zero-order valence-corrected chi connectivity index (χ0v) is 14.9. The first-order valence-corrected chi connectivity index (χ1v) is 8.40. The van der Waals surface area contributed by atoms with Crippen molar-refractivity contribution in [2.75, 3.05) is 19.5 Å². The van der Waals surface area contributed by atoms with Gasteiger partial charge in [0.25, 0.3) is 0 Å². The maximum atomic E-state index is 13.0. The fraction of sp³-hybridized carbons (Fsp3) is 0.190. The molecule has 5 nitrogen and oxygen atoms in total. The Bertz CT molecular complexity index is 823. The van der Waals surface area contributed by atoms with Crippen LogP contribution in [0.3, 0.4) is 0 Å². The van der Waals surface area contributed by atoms with Crippen LogP contribution in [0.15, 0.2) is 73.1 Å². The Morgan fingerprint density at radius 1 is 0.962 bits per heavy atom. The van der Waals surface area contributed by atoms with Crippen molar-refractivity contribution in [3.63, 3.8) is 0 Å². The predicted octanol–water partition coefficient (Wildman–Crippen LogP) is 3.93. The summed E-state index contributed by atoms with van der Waals surface area (Å²) in [7, 11) is 3.16. The minimum Gasteiger partial charge on any atom is -0.497 e. The summed E-state index contributed by atoms with van der Waals surface area (Å²) in [4.78, 5) is 13.0. The van der Waals surface area contributed by atoms with E-state index in [-0.39, 0.29) is 11.9 Å². The number of nitrogens with one attached hydrogen (secondary N) is 1. The lowest BCUT2D eigenvalue weighted by atomic mass is 10.0. The molecule has 0 aliphatic heterocycles. The van der Waals surface area contributed by atoms with Crippen LogP contribution in [0.1, 0.15) is 11.6 Å². The molecule has 3 rings (SSSR count). The van der Waals surface area contributed by atoms with Crippen molar-refractivity contribution < 1.29 is 14.3 Å². The molecule has 3 aromatic rings. The van der Waals surface area contributed by atoms with E-state index in [4.69, 9.17) is 9.47 Å². The topological polar surface area (TPSA) is 52.5 Å². The molecule has 5 heteroatoms. The van der Waals surface area contributed by atoms with Crippen LogP contribution in [0, 0.1) is 0 Å². The lowest BCUT2D eigenvalue weighted by molar-refractivity contribution is -0.119. The number of aromatic nitrogens is 1. The Kier molecular flexibility index (Phi) is 5.59. The van der Waals surface area contributed by atoms with Gasteiger partial charge in [0, 0.05) is 42.7 Å². The van der Waals surface area contributed by atoms with Gasteiger partial charge in [0.1, 0.15) is 17.5 Å². The minimum atomic E-state index is -0.357. The Morgan fingerprint density at radius 2 is 1.58 bits per heavy atom. The molecule has 1 amide bonds. The highest BCUT2D eigenvalue weighted by Gasteiger charge is 2.21. The van der Waals surface area contributed by atoms with Crippen LogP contribution >= 0.6 is 0 Å². The number of rotatable bonds is 7. The smallest absolute Gasteiger partial charge is 0.247 e. The molecule has 0 spiro atoms. The number of benzene rings is 2. The fourth-order valence-electron chi connectivity index (χ4n) is 2.83. The molecule has 1 heterocycles. The van der Waals surface area contributed by atoms with Crippen molar-refractivity contribution in [1.29, 1.82) is 0 Å². The second-order valence-corrected chi connectivity index (χ2v) is 5.93. The second-order valence-electron chi connectivity index (χ2n) is 5.93. The highest BCUT2D eigenvalue weighted by atomic mass is 16.5. The standard InChI is InChI=1S/C21H22N2O3/c1-25-18-13-17(14-19(15-18)26-2)22-21(24)20(23-10-6-7-11-23)12-16-8-4-3-5-9-16/h3-11,13-15,20H,12H2,1-2H3,(H,22,24)/t20-/m0/s1. The molecule has 1 aromatic heterocycles. The lowest BCUT2D eigenvalue weighted by Gasteiger charge is -2.19. The van der Waals surface area contributed by atoms with Gasteiger partial charge in [0.05, 0.1) is 14.2 Å². The maximum absolute atomic E-state index is 13.0. The Labute approximate surface area is 153 Å². The van der Waals surface area contributed by atoms with Crippen molar-refractivity contribution in [3.8, 4) is 11.5 Å². The van der Waals surface area contributed by atoms with Gasteiger partial charge in [0.2, 0.25) is 5.91 Å². The number of hydrogen-bond acceptors (Lipinski definition) is 3. The number of nitrogens with zero attached hydrogens (tertiary/aromatic N) is 1. The first-order chi connectivity index (χ1) is 12.7. The van der Waals surface area contributed by atoms with E-state index in [1.54, 1.807) is 32.4 Å². The molecule has 1 N–H and O–H groups in total. The fourth-order valence-corrected chi connectivity index (χ4v) is 2.83. The van der Waals surface area contributed by atoms with Gasteiger partial charge in [-0.3, -0.25) is 4.79 Å². The first-order valence-electron chi connectivity index (χ1n) is 8.40. The third-order valence-electron chi connectivity index (χ3n) is 4.18. The Morgan fingerprint density at radius 3 is 2.15 bits per heavy atom. The van der Waals surface area contributed by atoms with E-state index >= 15 is 0 Å².